The molecule has 7 heteroatoms. The van der Waals surface area contributed by atoms with E-state index in [4.69, 9.17) is 4.74 Å². The molecule has 0 atom stereocenters. The molecule has 2 aliphatic rings. The van der Waals surface area contributed by atoms with Gasteiger partial charge in [-0.15, -0.1) is 11.8 Å². The van der Waals surface area contributed by atoms with Gasteiger partial charge in [-0.3, -0.25) is 14.4 Å². The van der Waals surface area contributed by atoms with Crippen molar-refractivity contribution in [2.75, 3.05) is 32.0 Å². The van der Waals surface area contributed by atoms with Gasteiger partial charge in [-0.05, 0) is 31.4 Å². The van der Waals surface area contributed by atoms with Crippen LogP contribution in [0.1, 0.15) is 38.2 Å². The lowest BCUT2D eigenvalue weighted by molar-refractivity contribution is -0.146. The van der Waals surface area contributed by atoms with Crippen molar-refractivity contribution >= 4 is 35.6 Å². The predicted molar refractivity (Wildman–Crippen MR) is 114 cm³/mol. The smallest absolute Gasteiger partial charge is 0.306 e. The average Bonchev–Trinajstić information content (AvgIpc) is 3.15. The topological polar surface area (TPSA) is 66.9 Å². The van der Waals surface area contributed by atoms with Crippen molar-refractivity contribution in [1.82, 2.24) is 9.80 Å². The number of carbonyl (C=O) groups is 3. The molecule has 0 N–H and O–H groups in total. The second kappa shape index (κ2) is 9.96. The number of amides is 2. The van der Waals surface area contributed by atoms with Crippen molar-refractivity contribution in [1.29, 1.82) is 0 Å². The Bertz CT molecular complexity index is 757. The monoisotopic (exact) mass is 416 g/mol. The van der Waals surface area contributed by atoms with E-state index in [1.807, 2.05) is 58.0 Å². The lowest BCUT2D eigenvalue weighted by Gasteiger charge is -2.43. The van der Waals surface area contributed by atoms with Gasteiger partial charge in [0.25, 0.3) is 0 Å². The maximum atomic E-state index is 12.8. The Kier molecular flexibility index (Phi) is 7.36. The number of thioether (sulfide) groups is 1. The van der Waals surface area contributed by atoms with Gasteiger partial charge in [-0.1, -0.05) is 30.3 Å². The number of ether oxygens (including phenoxy) is 1. The van der Waals surface area contributed by atoms with Gasteiger partial charge < -0.3 is 14.5 Å². The molecule has 1 aromatic carbocycles. The van der Waals surface area contributed by atoms with E-state index in [2.05, 4.69) is 0 Å². The van der Waals surface area contributed by atoms with Crippen LogP contribution in [0.25, 0.3) is 6.08 Å². The van der Waals surface area contributed by atoms with Gasteiger partial charge >= 0.3 is 5.97 Å². The van der Waals surface area contributed by atoms with Gasteiger partial charge in [0, 0.05) is 37.9 Å². The van der Waals surface area contributed by atoms with Crippen molar-refractivity contribution < 1.29 is 19.1 Å². The van der Waals surface area contributed by atoms with Gasteiger partial charge in [0.15, 0.2) is 0 Å². The second-order valence-electron chi connectivity index (χ2n) is 7.21. The van der Waals surface area contributed by atoms with Crippen molar-refractivity contribution in [3.8, 4) is 0 Å². The minimum Gasteiger partial charge on any atom is -0.466 e. The minimum atomic E-state index is -0.331. The van der Waals surface area contributed by atoms with Crippen molar-refractivity contribution in [2.45, 2.75) is 37.5 Å². The van der Waals surface area contributed by atoms with Gasteiger partial charge in [0.2, 0.25) is 11.8 Å². The molecular formula is C22H28N2O4S. The highest BCUT2D eigenvalue weighted by molar-refractivity contribution is 8.00. The lowest BCUT2D eigenvalue weighted by Crippen LogP contribution is -2.53. The molecule has 2 aliphatic heterocycles. The van der Waals surface area contributed by atoms with Gasteiger partial charge in [-0.25, -0.2) is 0 Å². The molecular weight excluding hydrogens is 388 g/mol. The Morgan fingerprint density at radius 1 is 1.10 bits per heavy atom. The maximum absolute atomic E-state index is 12.8. The van der Waals surface area contributed by atoms with Gasteiger partial charge in [0.1, 0.15) is 0 Å². The first kappa shape index (κ1) is 21.4. The molecule has 2 fully saturated rings. The molecule has 2 amide bonds. The molecule has 0 aromatic heterocycles. The SMILES string of the molecule is CCOC(=O)CCC(=O)N1CCC2(CC1)SCCN2C(=O)/C=C/c1ccccc1. The van der Waals surface area contributed by atoms with Gasteiger partial charge in [0.05, 0.1) is 17.9 Å². The zero-order chi connectivity index (χ0) is 20.7. The summed E-state index contributed by atoms with van der Waals surface area (Å²) in [7, 11) is 0. The standard InChI is InChI=1S/C22H28N2O4S/c1-2-28-21(27)11-10-19(25)23-14-12-22(13-15-23)24(16-17-29-22)20(26)9-8-18-6-4-3-5-7-18/h3-9H,2,10-17H2,1H3/b9-8+. The zero-order valence-electron chi connectivity index (χ0n) is 16.8. The summed E-state index contributed by atoms with van der Waals surface area (Å²) in [5, 5.41) is 0. The molecule has 2 heterocycles. The van der Waals surface area contributed by atoms with Crippen LogP contribution in [-0.4, -0.2) is 64.4 Å². The average molecular weight is 417 g/mol. The Morgan fingerprint density at radius 3 is 2.52 bits per heavy atom. The van der Waals surface area contributed by atoms with Crippen LogP contribution < -0.4 is 0 Å². The molecule has 3 rings (SSSR count). The summed E-state index contributed by atoms with van der Waals surface area (Å²) in [6.07, 6.45) is 5.33. The van der Waals surface area contributed by atoms with E-state index in [0.29, 0.717) is 19.7 Å². The molecule has 6 nitrogen and oxygen atoms in total. The summed E-state index contributed by atoms with van der Waals surface area (Å²) in [5.41, 5.74) is 1.00. The third-order valence-electron chi connectivity index (χ3n) is 5.41. The number of benzene rings is 1. The highest BCUT2D eigenvalue weighted by Crippen LogP contribution is 2.44. The fourth-order valence-electron chi connectivity index (χ4n) is 3.86. The summed E-state index contributed by atoms with van der Waals surface area (Å²) in [4.78, 5) is 40.3. The number of likely N-dealkylation sites (tertiary alicyclic amines) is 1. The van der Waals surface area contributed by atoms with E-state index in [1.54, 1.807) is 13.0 Å². The molecule has 1 aromatic rings. The first-order chi connectivity index (χ1) is 14.0. The molecule has 29 heavy (non-hydrogen) atoms. The molecule has 1 spiro atoms. The van der Waals surface area contributed by atoms with Crippen LogP contribution in [0.2, 0.25) is 0 Å². The molecule has 0 aliphatic carbocycles. The number of hydrogen-bond acceptors (Lipinski definition) is 5. The van der Waals surface area contributed by atoms with Crippen LogP contribution in [0.15, 0.2) is 36.4 Å². The van der Waals surface area contributed by atoms with Crippen LogP contribution in [0.5, 0.6) is 0 Å². The van der Waals surface area contributed by atoms with E-state index in [9.17, 15) is 14.4 Å². The Hall–Kier alpha value is -2.28. The lowest BCUT2D eigenvalue weighted by atomic mass is 10.0. The summed E-state index contributed by atoms with van der Waals surface area (Å²) >= 11 is 1.82. The van der Waals surface area contributed by atoms with E-state index in [-0.39, 0.29) is 35.5 Å². The number of piperidine rings is 1. The van der Waals surface area contributed by atoms with Crippen LogP contribution in [0, 0.1) is 0 Å². The van der Waals surface area contributed by atoms with E-state index in [1.165, 1.54) is 0 Å². The second-order valence-corrected chi connectivity index (χ2v) is 8.67. The van der Waals surface area contributed by atoms with Crippen LogP contribution in [-0.2, 0) is 19.1 Å². The first-order valence-corrected chi connectivity index (χ1v) is 11.1. The number of carbonyl (C=O) groups excluding carboxylic acids is 3. The Labute approximate surface area is 176 Å². The molecule has 0 radical (unpaired) electrons. The summed E-state index contributed by atoms with van der Waals surface area (Å²) in [5.74, 6) is 0.600. The predicted octanol–water partition coefficient (Wildman–Crippen LogP) is 2.94. The van der Waals surface area contributed by atoms with E-state index in [0.717, 1.165) is 30.7 Å². The van der Waals surface area contributed by atoms with Gasteiger partial charge in [-0.2, -0.15) is 0 Å². The Morgan fingerprint density at radius 2 is 1.83 bits per heavy atom. The highest BCUT2D eigenvalue weighted by atomic mass is 32.2. The number of hydrogen-bond donors (Lipinski definition) is 0. The zero-order valence-corrected chi connectivity index (χ0v) is 17.7. The van der Waals surface area contributed by atoms with E-state index >= 15 is 0 Å². The molecule has 156 valence electrons. The normalized spacial score (nSPS) is 18.4. The molecule has 0 saturated carbocycles. The number of esters is 1. The summed E-state index contributed by atoms with van der Waals surface area (Å²) < 4.78 is 4.89. The van der Waals surface area contributed by atoms with Crippen molar-refractivity contribution in [3.05, 3.63) is 42.0 Å². The third-order valence-corrected chi connectivity index (χ3v) is 6.96. The highest BCUT2D eigenvalue weighted by Gasteiger charge is 2.46. The molecule has 0 unspecified atom stereocenters. The Balaban J connectivity index is 1.54. The van der Waals surface area contributed by atoms with Crippen molar-refractivity contribution in [3.63, 3.8) is 0 Å². The largest absolute Gasteiger partial charge is 0.466 e. The first-order valence-electron chi connectivity index (χ1n) is 10.2. The summed E-state index contributed by atoms with van der Waals surface area (Å²) in [6.45, 7) is 4.05. The summed E-state index contributed by atoms with van der Waals surface area (Å²) in [6, 6.07) is 9.79. The van der Waals surface area contributed by atoms with Crippen LogP contribution >= 0.6 is 11.8 Å². The fourth-order valence-corrected chi connectivity index (χ4v) is 5.32. The minimum absolute atomic E-state index is 0.0160. The number of nitrogens with zero attached hydrogens (tertiary/aromatic N) is 2. The fraction of sp³-hybridized carbons (Fsp3) is 0.500. The maximum Gasteiger partial charge on any atom is 0.306 e. The third kappa shape index (κ3) is 5.41. The van der Waals surface area contributed by atoms with Crippen LogP contribution in [0.3, 0.4) is 0 Å². The van der Waals surface area contributed by atoms with Crippen molar-refractivity contribution in [2.24, 2.45) is 0 Å². The van der Waals surface area contributed by atoms with E-state index < -0.39 is 0 Å². The quantitative estimate of drug-likeness (QED) is 0.527. The number of rotatable bonds is 6. The molecule has 0 bridgehead atoms. The molecule has 2 saturated heterocycles. The van der Waals surface area contributed by atoms with Crippen LogP contribution in [0.4, 0.5) is 0 Å².